The number of hydrogen-bond acceptors (Lipinski definition) is 2. The van der Waals surface area contributed by atoms with Crippen LogP contribution in [0.1, 0.15) is 13.8 Å². The van der Waals surface area contributed by atoms with E-state index < -0.39 is 0 Å². The number of carbonyl (C=O) groups excluding carboxylic acids is 1. The number of nitrogens with two attached hydrogens (primary N) is 1. The fourth-order valence-electron chi connectivity index (χ4n) is 1.03. The molecule has 1 aliphatic rings. The fourth-order valence-corrected chi connectivity index (χ4v) is 1.03. The van der Waals surface area contributed by atoms with E-state index in [1.807, 2.05) is 20.9 Å². The SMILES string of the molecule is CC.CN1CCN(C(N)=O)CC1. The largest absolute Gasteiger partial charge is 0.351 e. The molecule has 0 radical (unpaired) electrons. The number of carbonyl (C=O) groups is 1. The van der Waals surface area contributed by atoms with E-state index in [9.17, 15) is 4.79 Å². The molecule has 2 amide bonds. The van der Waals surface area contributed by atoms with E-state index in [1.54, 1.807) is 4.90 Å². The summed E-state index contributed by atoms with van der Waals surface area (Å²) < 4.78 is 0. The first kappa shape index (κ1) is 11.2. The van der Waals surface area contributed by atoms with Crippen molar-refractivity contribution in [3.05, 3.63) is 0 Å². The van der Waals surface area contributed by atoms with E-state index in [0.717, 1.165) is 26.2 Å². The van der Waals surface area contributed by atoms with Gasteiger partial charge in [0, 0.05) is 26.2 Å². The van der Waals surface area contributed by atoms with Crippen LogP contribution in [0.4, 0.5) is 4.79 Å². The van der Waals surface area contributed by atoms with E-state index >= 15 is 0 Å². The molecule has 0 saturated carbocycles. The van der Waals surface area contributed by atoms with Gasteiger partial charge in [0.15, 0.2) is 0 Å². The first-order chi connectivity index (χ1) is 5.70. The number of piperazine rings is 1. The zero-order valence-corrected chi connectivity index (χ0v) is 8.21. The number of hydrogen-bond donors (Lipinski definition) is 1. The second-order valence-corrected chi connectivity index (χ2v) is 2.63. The van der Waals surface area contributed by atoms with Crippen LogP contribution >= 0.6 is 0 Å². The summed E-state index contributed by atoms with van der Waals surface area (Å²) in [5, 5.41) is 0. The van der Waals surface area contributed by atoms with E-state index in [0.29, 0.717) is 0 Å². The first-order valence-corrected chi connectivity index (χ1v) is 4.43. The van der Waals surface area contributed by atoms with Crippen LogP contribution in [0.3, 0.4) is 0 Å². The minimum absolute atomic E-state index is 0.298. The molecule has 1 aliphatic heterocycles. The van der Waals surface area contributed by atoms with E-state index in [4.69, 9.17) is 5.73 Å². The quantitative estimate of drug-likeness (QED) is 0.574. The molecule has 1 saturated heterocycles. The molecule has 0 spiro atoms. The van der Waals surface area contributed by atoms with Gasteiger partial charge in [0.2, 0.25) is 0 Å². The Morgan fingerprint density at radius 2 is 1.58 bits per heavy atom. The van der Waals surface area contributed by atoms with E-state index in [2.05, 4.69) is 4.90 Å². The van der Waals surface area contributed by atoms with Crippen LogP contribution in [-0.4, -0.2) is 49.1 Å². The maximum absolute atomic E-state index is 10.6. The number of nitrogens with zero attached hydrogens (tertiary/aromatic N) is 2. The van der Waals surface area contributed by atoms with Crippen molar-refractivity contribution < 1.29 is 4.79 Å². The third kappa shape index (κ3) is 3.57. The number of rotatable bonds is 0. The highest BCUT2D eigenvalue weighted by molar-refractivity contribution is 5.72. The summed E-state index contributed by atoms with van der Waals surface area (Å²) in [4.78, 5) is 14.4. The van der Waals surface area contributed by atoms with Crippen molar-refractivity contribution in [1.29, 1.82) is 0 Å². The number of likely N-dealkylation sites (N-methyl/N-ethyl adjacent to an activating group) is 1. The summed E-state index contributed by atoms with van der Waals surface area (Å²) >= 11 is 0. The highest BCUT2D eigenvalue weighted by Gasteiger charge is 2.15. The zero-order chi connectivity index (χ0) is 9.56. The minimum atomic E-state index is -0.298. The number of urea groups is 1. The summed E-state index contributed by atoms with van der Waals surface area (Å²) in [5.41, 5.74) is 5.08. The van der Waals surface area contributed by atoms with Gasteiger partial charge in [-0.25, -0.2) is 4.79 Å². The van der Waals surface area contributed by atoms with E-state index in [1.165, 1.54) is 0 Å². The maximum Gasteiger partial charge on any atom is 0.314 e. The first-order valence-electron chi connectivity index (χ1n) is 4.43. The highest BCUT2D eigenvalue weighted by Crippen LogP contribution is 1.96. The van der Waals surface area contributed by atoms with Gasteiger partial charge in [-0.05, 0) is 7.05 Å². The van der Waals surface area contributed by atoms with Crippen molar-refractivity contribution in [3.8, 4) is 0 Å². The summed E-state index contributed by atoms with van der Waals surface area (Å²) in [6, 6.07) is -0.298. The lowest BCUT2D eigenvalue weighted by atomic mass is 10.3. The molecular formula is C8H19N3O. The highest BCUT2D eigenvalue weighted by atomic mass is 16.2. The topological polar surface area (TPSA) is 49.6 Å². The Morgan fingerprint density at radius 1 is 1.17 bits per heavy atom. The second kappa shape index (κ2) is 5.83. The van der Waals surface area contributed by atoms with Crippen molar-refractivity contribution in [1.82, 2.24) is 9.80 Å². The summed E-state index contributed by atoms with van der Waals surface area (Å²) in [7, 11) is 2.04. The molecule has 72 valence electrons. The molecule has 0 aliphatic carbocycles. The van der Waals surface area contributed by atoms with Crippen LogP contribution < -0.4 is 5.73 Å². The summed E-state index contributed by atoms with van der Waals surface area (Å²) in [6.07, 6.45) is 0. The van der Waals surface area contributed by atoms with Gasteiger partial charge in [-0.15, -0.1) is 0 Å². The molecule has 12 heavy (non-hydrogen) atoms. The average Bonchev–Trinajstić information content (AvgIpc) is 2.09. The van der Waals surface area contributed by atoms with Crippen molar-refractivity contribution in [2.75, 3.05) is 33.2 Å². The van der Waals surface area contributed by atoms with Crippen LogP contribution in [0.5, 0.6) is 0 Å². The molecule has 0 bridgehead atoms. The smallest absolute Gasteiger partial charge is 0.314 e. The molecule has 0 aromatic carbocycles. The van der Waals surface area contributed by atoms with Crippen molar-refractivity contribution in [2.45, 2.75) is 13.8 Å². The number of primary amides is 1. The van der Waals surface area contributed by atoms with Crippen LogP contribution in [0.25, 0.3) is 0 Å². The monoisotopic (exact) mass is 173 g/mol. The predicted octanol–water partition coefficient (Wildman–Crippen LogP) is 0.339. The maximum atomic E-state index is 10.6. The molecule has 1 fully saturated rings. The molecule has 4 heteroatoms. The molecule has 0 atom stereocenters. The minimum Gasteiger partial charge on any atom is -0.351 e. The molecule has 0 aromatic heterocycles. The Morgan fingerprint density at radius 3 is 1.92 bits per heavy atom. The number of amides is 2. The Hall–Kier alpha value is -0.770. The fraction of sp³-hybridized carbons (Fsp3) is 0.875. The van der Waals surface area contributed by atoms with Gasteiger partial charge in [-0.1, -0.05) is 13.8 Å². The lowest BCUT2D eigenvalue weighted by Gasteiger charge is -2.30. The molecule has 4 nitrogen and oxygen atoms in total. The summed E-state index contributed by atoms with van der Waals surface area (Å²) in [6.45, 7) is 7.41. The van der Waals surface area contributed by atoms with Crippen LogP contribution in [0.2, 0.25) is 0 Å². The Bertz CT molecular complexity index is 130. The third-order valence-corrected chi connectivity index (χ3v) is 1.81. The van der Waals surface area contributed by atoms with E-state index in [-0.39, 0.29) is 6.03 Å². The normalized spacial score (nSPS) is 18.1. The van der Waals surface area contributed by atoms with Gasteiger partial charge in [-0.2, -0.15) is 0 Å². The van der Waals surface area contributed by atoms with Gasteiger partial charge >= 0.3 is 6.03 Å². The van der Waals surface area contributed by atoms with Gasteiger partial charge in [0.05, 0.1) is 0 Å². The Balaban J connectivity index is 0.000000561. The lowest BCUT2D eigenvalue weighted by Crippen LogP contribution is -2.49. The molecular weight excluding hydrogens is 154 g/mol. The van der Waals surface area contributed by atoms with Crippen molar-refractivity contribution in [2.24, 2.45) is 5.73 Å². The molecule has 1 rings (SSSR count). The second-order valence-electron chi connectivity index (χ2n) is 2.63. The van der Waals surface area contributed by atoms with Gasteiger partial charge in [-0.3, -0.25) is 0 Å². The van der Waals surface area contributed by atoms with Crippen LogP contribution in [0, 0.1) is 0 Å². The van der Waals surface area contributed by atoms with Gasteiger partial charge < -0.3 is 15.5 Å². The lowest BCUT2D eigenvalue weighted by molar-refractivity contribution is 0.161. The standard InChI is InChI=1S/C6H13N3O.C2H6/c1-8-2-4-9(5-3-8)6(7)10;1-2/h2-5H2,1H3,(H2,7,10);1-2H3. The Labute approximate surface area is 74.3 Å². The van der Waals surface area contributed by atoms with Gasteiger partial charge in [0.1, 0.15) is 0 Å². The molecule has 1 heterocycles. The van der Waals surface area contributed by atoms with Crippen molar-refractivity contribution >= 4 is 6.03 Å². The molecule has 2 N–H and O–H groups in total. The van der Waals surface area contributed by atoms with Crippen LogP contribution in [0.15, 0.2) is 0 Å². The average molecular weight is 173 g/mol. The molecule has 0 aromatic rings. The van der Waals surface area contributed by atoms with Crippen molar-refractivity contribution in [3.63, 3.8) is 0 Å². The zero-order valence-electron chi connectivity index (χ0n) is 8.21. The summed E-state index contributed by atoms with van der Waals surface area (Å²) in [5.74, 6) is 0. The van der Waals surface area contributed by atoms with Crippen LogP contribution in [-0.2, 0) is 0 Å². The third-order valence-electron chi connectivity index (χ3n) is 1.81. The van der Waals surface area contributed by atoms with Gasteiger partial charge in [0.25, 0.3) is 0 Å². The Kier molecular flexibility index (Phi) is 5.45. The molecule has 0 unspecified atom stereocenters. The predicted molar refractivity (Wildman–Crippen MR) is 50.0 cm³/mol.